The van der Waals surface area contributed by atoms with Crippen molar-refractivity contribution in [3.63, 3.8) is 0 Å². The maximum atomic E-state index is 12.7. The summed E-state index contributed by atoms with van der Waals surface area (Å²) in [6.07, 6.45) is 2.61. The van der Waals surface area contributed by atoms with Gasteiger partial charge in [0.1, 0.15) is 11.5 Å². The lowest BCUT2D eigenvalue weighted by Crippen LogP contribution is -1.99. The van der Waals surface area contributed by atoms with Gasteiger partial charge in [-0.1, -0.05) is 0 Å². The highest BCUT2D eigenvalue weighted by molar-refractivity contribution is 5.69. The lowest BCUT2D eigenvalue weighted by Gasteiger charge is -1.90. The molecule has 0 aliphatic heterocycles. The standard InChI is InChI=1S/C9H7FN2O2/c10-6-1-2-8-11-7(3-9(13)14)5-12(8)4-6/h1-2,4-5H,3H2,(H,13,14). The van der Waals surface area contributed by atoms with Gasteiger partial charge in [0.05, 0.1) is 12.1 Å². The van der Waals surface area contributed by atoms with Gasteiger partial charge in [-0.05, 0) is 12.1 Å². The van der Waals surface area contributed by atoms with Gasteiger partial charge in [-0.3, -0.25) is 4.79 Å². The molecule has 0 bridgehead atoms. The van der Waals surface area contributed by atoms with Crippen LogP contribution in [0.1, 0.15) is 5.69 Å². The molecule has 72 valence electrons. The number of rotatable bonds is 2. The highest BCUT2D eigenvalue weighted by Crippen LogP contribution is 2.07. The molecule has 0 radical (unpaired) electrons. The summed E-state index contributed by atoms with van der Waals surface area (Å²) >= 11 is 0. The molecule has 0 unspecified atom stereocenters. The quantitative estimate of drug-likeness (QED) is 0.778. The molecule has 1 N–H and O–H groups in total. The number of carboxylic acids is 1. The predicted molar refractivity (Wildman–Crippen MR) is 46.5 cm³/mol. The van der Waals surface area contributed by atoms with Gasteiger partial charge in [-0.2, -0.15) is 0 Å². The molecule has 2 aromatic heterocycles. The Kier molecular flexibility index (Phi) is 1.92. The Morgan fingerprint density at radius 3 is 3.00 bits per heavy atom. The van der Waals surface area contributed by atoms with E-state index in [2.05, 4.69) is 4.98 Å². The van der Waals surface area contributed by atoms with E-state index >= 15 is 0 Å². The minimum atomic E-state index is -0.950. The molecule has 0 amide bonds. The Balaban J connectivity index is 2.46. The smallest absolute Gasteiger partial charge is 0.309 e. The molecule has 5 heteroatoms. The molecular weight excluding hydrogens is 187 g/mol. The van der Waals surface area contributed by atoms with E-state index in [1.54, 1.807) is 0 Å². The first-order valence-corrected chi connectivity index (χ1v) is 4.00. The van der Waals surface area contributed by atoms with Crippen molar-refractivity contribution >= 4 is 11.6 Å². The van der Waals surface area contributed by atoms with E-state index < -0.39 is 5.97 Å². The normalized spacial score (nSPS) is 10.6. The van der Waals surface area contributed by atoms with Crippen LogP contribution in [0.5, 0.6) is 0 Å². The third-order valence-electron chi connectivity index (χ3n) is 1.80. The summed E-state index contributed by atoms with van der Waals surface area (Å²) in [5.41, 5.74) is 0.964. The number of aliphatic carboxylic acids is 1. The highest BCUT2D eigenvalue weighted by Gasteiger charge is 2.05. The number of carbonyl (C=O) groups is 1. The summed E-state index contributed by atoms with van der Waals surface area (Å²) in [6, 6.07) is 2.79. The zero-order chi connectivity index (χ0) is 10.1. The molecule has 14 heavy (non-hydrogen) atoms. The second-order valence-corrected chi connectivity index (χ2v) is 2.92. The third kappa shape index (κ3) is 1.56. The monoisotopic (exact) mass is 194 g/mol. The number of hydrogen-bond acceptors (Lipinski definition) is 2. The maximum absolute atomic E-state index is 12.7. The first-order valence-electron chi connectivity index (χ1n) is 4.00. The number of fused-ring (bicyclic) bond motifs is 1. The summed E-state index contributed by atoms with van der Waals surface area (Å²) in [7, 11) is 0. The Bertz CT molecular complexity index is 493. The van der Waals surface area contributed by atoms with Crippen molar-refractivity contribution in [3.8, 4) is 0 Å². The number of imidazole rings is 1. The Hall–Kier alpha value is -1.91. The summed E-state index contributed by atoms with van der Waals surface area (Å²) in [4.78, 5) is 14.4. The Labute approximate surface area is 78.6 Å². The fourth-order valence-corrected chi connectivity index (χ4v) is 1.26. The van der Waals surface area contributed by atoms with Crippen LogP contribution in [-0.4, -0.2) is 20.5 Å². The van der Waals surface area contributed by atoms with E-state index in [0.29, 0.717) is 11.3 Å². The van der Waals surface area contributed by atoms with E-state index in [9.17, 15) is 9.18 Å². The number of aromatic nitrogens is 2. The lowest BCUT2D eigenvalue weighted by molar-refractivity contribution is -0.136. The summed E-state index contributed by atoms with van der Waals surface area (Å²) < 4.78 is 14.2. The average molecular weight is 194 g/mol. The van der Waals surface area contributed by atoms with Crippen molar-refractivity contribution in [3.05, 3.63) is 36.0 Å². The molecule has 0 aliphatic carbocycles. The maximum Gasteiger partial charge on any atom is 0.309 e. The van der Waals surface area contributed by atoms with E-state index in [1.165, 1.54) is 28.9 Å². The van der Waals surface area contributed by atoms with Gasteiger partial charge in [-0.25, -0.2) is 9.37 Å². The molecule has 0 aromatic carbocycles. The largest absolute Gasteiger partial charge is 0.481 e. The summed E-state index contributed by atoms with van der Waals surface area (Å²) in [5, 5.41) is 8.52. The van der Waals surface area contributed by atoms with Gasteiger partial charge in [-0.15, -0.1) is 0 Å². The van der Waals surface area contributed by atoms with Crippen molar-refractivity contribution in [2.45, 2.75) is 6.42 Å². The van der Waals surface area contributed by atoms with Crippen LogP contribution < -0.4 is 0 Å². The molecule has 0 spiro atoms. The fraction of sp³-hybridized carbons (Fsp3) is 0.111. The van der Waals surface area contributed by atoms with Crippen LogP contribution >= 0.6 is 0 Å². The minimum Gasteiger partial charge on any atom is -0.481 e. The van der Waals surface area contributed by atoms with Crippen LogP contribution in [0.15, 0.2) is 24.5 Å². The Morgan fingerprint density at radius 1 is 1.50 bits per heavy atom. The molecule has 0 atom stereocenters. The van der Waals surface area contributed by atoms with Crippen LogP contribution in [0.2, 0.25) is 0 Å². The number of carboxylic acid groups (broad SMARTS) is 1. The average Bonchev–Trinajstić information content (AvgIpc) is 2.44. The second-order valence-electron chi connectivity index (χ2n) is 2.92. The van der Waals surface area contributed by atoms with Gasteiger partial charge in [0, 0.05) is 12.4 Å². The first kappa shape index (κ1) is 8.68. The van der Waals surface area contributed by atoms with Crippen molar-refractivity contribution in [1.82, 2.24) is 9.38 Å². The third-order valence-corrected chi connectivity index (χ3v) is 1.80. The molecule has 2 rings (SSSR count). The molecule has 2 heterocycles. The first-order chi connectivity index (χ1) is 6.65. The fourth-order valence-electron chi connectivity index (χ4n) is 1.26. The topological polar surface area (TPSA) is 54.6 Å². The van der Waals surface area contributed by atoms with Crippen molar-refractivity contribution in [2.75, 3.05) is 0 Å². The molecule has 4 nitrogen and oxygen atoms in total. The number of nitrogens with zero attached hydrogens (tertiary/aromatic N) is 2. The molecule has 2 aromatic rings. The minimum absolute atomic E-state index is 0.150. The van der Waals surface area contributed by atoms with Crippen LogP contribution in [-0.2, 0) is 11.2 Å². The number of halogens is 1. The van der Waals surface area contributed by atoms with Crippen LogP contribution in [0.4, 0.5) is 4.39 Å². The van der Waals surface area contributed by atoms with Gasteiger partial charge in [0.15, 0.2) is 0 Å². The Morgan fingerprint density at radius 2 is 2.29 bits per heavy atom. The lowest BCUT2D eigenvalue weighted by atomic mass is 10.3. The van der Waals surface area contributed by atoms with E-state index in [4.69, 9.17) is 5.11 Å². The number of hydrogen-bond donors (Lipinski definition) is 1. The van der Waals surface area contributed by atoms with Crippen molar-refractivity contribution in [2.24, 2.45) is 0 Å². The number of pyridine rings is 1. The van der Waals surface area contributed by atoms with Gasteiger partial charge >= 0.3 is 5.97 Å². The van der Waals surface area contributed by atoms with Gasteiger partial charge < -0.3 is 9.51 Å². The van der Waals surface area contributed by atoms with Gasteiger partial charge in [0.2, 0.25) is 0 Å². The van der Waals surface area contributed by atoms with Crippen LogP contribution in [0.25, 0.3) is 5.65 Å². The van der Waals surface area contributed by atoms with Gasteiger partial charge in [0.25, 0.3) is 0 Å². The SMILES string of the molecule is O=C(O)Cc1cn2cc(F)ccc2n1. The summed E-state index contributed by atoms with van der Waals surface area (Å²) in [5.74, 6) is -1.33. The zero-order valence-corrected chi connectivity index (χ0v) is 7.14. The van der Waals surface area contributed by atoms with Crippen LogP contribution in [0.3, 0.4) is 0 Å². The highest BCUT2D eigenvalue weighted by atomic mass is 19.1. The zero-order valence-electron chi connectivity index (χ0n) is 7.14. The van der Waals surface area contributed by atoms with Crippen molar-refractivity contribution in [1.29, 1.82) is 0 Å². The molecule has 0 aliphatic rings. The molecular formula is C9H7FN2O2. The second kappa shape index (κ2) is 3.10. The van der Waals surface area contributed by atoms with Crippen LogP contribution in [0, 0.1) is 5.82 Å². The molecule has 0 saturated heterocycles. The predicted octanol–water partition coefficient (Wildman–Crippen LogP) is 1.10. The summed E-state index contributed by atoms with van der Waals surface area (Å²) in [6.45, 7) is 0. The molecule has 0 saturated carbocycles. The van der Waals surface area contributed by atoms with E-state index in [1.807, 2.05) is 0 Å². The van der Waals surface area contributed by atoms with E-state index in [0.717, 1.165) is 0 Å². The van der Waals surface area contributed by atoms with Crippen molar-refractivity contribution < 1.29 is 14.3 Å². The molecule has 0 fully saturated rings. The van der Waals surface area contributed by atoms with E-state index in [-0.39, 0.29) is 12.2 Å².